The monoisotopic (exact) mass is 493 g/mol. The largest absolute Gasteiger partial charge is 0.356 e. The molecule has 36 heavy (non-hydrogen) atoms. The predicted octanol–water partition coefficient (Wildman–Crippen LogP) is 6.70. The predicted molar refractivity (Wildman–Crippen MR) is 147 cm³/mol. The number of aryl methyl sites for hydroxylation is 1. The third-order valence-electron chi connectivity index (χ3n) is 6.31. The van der Waals surface area contributed by atoms with Crippen LogP contribution in [0.3, 0.4) is 0 Å². The molecule has 0 aliphatic rings. The van der Waals surface area contributed by atoms with E-state index >= 15 is 0 Å². The Bertz CT molecular complexity index is 1440. The van der Waals surface area contributed by atoms with Crippen molar-refractivity contribution < 1.29 is 4.79 Å². The Morgan fingerprint density at radius 3 is 2.22 bits per heavy atom. The van der Waals surface area contributed by atoms with Gasteiger partial charge in [-0.05, 0) is 52.9 Å². The molecule has 0 atom stereocenters. The molecule has 0 unspecified atom stereocenters. The zero-order chi connectivity index (χ0) is 24.7. The summed E-state index contributed by atoms with van der Waals surface area (Å²) in [5.41, 5.74) is 6.62. The maximum atomic E-state index is 12.5. The van der Waals surface area contributed by atoms with Crippen LogP contribution in [0, 0.1) is 0 Å². The average Bonchev–Trinajstić information content (AvgIpc) is 3.26. The van der Waals surface area contributed by atoms with E-state index in [1.54, 1.807) is 0 Å². The van der Waals surface area contributed by atoms with E-state index in [2.05, 4.69) is 40.2 Å². The van der Waals surface area contributed by atoms with Gasteiger partial charge >= 0.3 is 0 Å². The Morgan fingerprint density at radius 2 is 1.44 bits per heavy atom. The molecule has 5 heteroatoms. The van der Waals surface area contributed by atoms with Crippen molar-refractivity contribution in [2.75, 3.05) is 6.54 Å². The van der Waals surface area contributed by atoms with Gasteiger partial charge in [0.25, 0.3) is 0 Å². The third kappa shape index (κ3) is 5.84. The molecule has 5 rings (SSSR count). The van der Waals surface area contributed by atoms with E-state index in [-0.39, 0.29) is 5.91 Å². The van der Waals surface area contributed by atoms with E-state index in [0.29, 0.717) is 13.0 Å². The van der Waals surface area contributed by atoms with Gasteiger partial charge in [0, 0.05) is 24.5 Å². The first-order valence-electron chi connectivity index (χ1n) is 12.3. The lowest BCUT2D eigenvalue weighted by Crippen LogP contribution is -2.26. The van der Waals surface area contributed by atoms with Gasteiger partial charge in [0.15, 0.2) is 0 Å². The molecular weight excluding hydrogens is 466 g/mol. The van der Waals surface area contributed by atoms with Crippen molar-refractivity contribution >= 4 is 28.5 Å². The van der Waals surface area contributed by atoms with E-state index in [1.807, 2.05) is 72.8 Å². The van der Waals surface area contributed by atoms with Crippen LogP contribution in [0.25, 0.3) is 22.2 Å². The number of carbonyl (C=O) groups is 1. The highest BCUT2D eigenvalue weighted by molar-refractivity contribution is 6.30. The molecule has 0 bridgehead atoms. The Balaban J connectivity index is 1.16. The number of para-hydroxylation sites is 2. The van der Waals surface area contributed by atoms with Gasteiger partial charge in [-0.2, -0.15) is 0 Å². The summed E-state index contributed by atoms with van der Waals surface area (Å²) in [5, 5.41) is 3.80. The minimum absolute atomic E-state index is 0.0390. The Hall–Kier alpha value is -3.89. The van der Waals surface area contributed by atoms with Crippen LogP contribution < -0.4 is 5.32 Å². The number of nitrogens with zero attached hydrogens (tertiary/aromatic N) is 2. The van der Waals surface area contributed by atoms with Crippen LogP contribution in [0.2, 0.25) is 5.02 Å². The highest BCUT2D eigenvalue weighted by Crippen LogP contribution is 2.21. The van der Waals surface area contributed by atoms with E-state index < -0.39 is 0 Å². The summed E-state index contributed by atoms with van der Waals surface area (Å²) in [7, 11) is 0. The number of imidazole rings is 1. The fourth-order valence-corrected chi connectivity index (χ4v) is 4.56. The van der Waals surface area contributed by atoms with E-state index in [1.165, 1.54) is 11.1 Å². The van der Waals surface area contributed by atoms with E-state index in [0.717, 1.165) is 52.4 Å². The number of amides is 1. The average molecular weight is 494 g/mol. The van der Waals surface area contributed by atoms with E-state index in [9.17, 15) is 4.79 Å². The molecule has 0 fully saturated rings. The number of benzene rings is 4. The van der Waals surface area contributed by atoms with Crippen molar-refractivity contribution in [3.63, 3.8) is 0 Å². The van der Waals surface area contributed by atoms with Crippen LogP contribution in [0.5, 0.6) is 0 Å². The van der Waals surface area contributed by atoms with Crippen molar-refractivity contribution in [1.29, 1.82) is 0 Å². The lowest BCUT2D eigenvalue weighted by Gasteiger charge is -2.10. The van der Waals surface area contributed by atoms with Crippen LogP contribution >= 0.6 is 11.6 Å². The SMILES string of the molecule is O=C(Cc1ccc(-c2ccccc2)cc1)NCCCc1nc2ccccc2n1Cc1ccc(Cl)cc1. The molecule has 0 saturated carbocycles. The third-order valence-corrected chi connectivity index (χ3v) is 6.56. The number of halogens is 1. The van der Waals surface area contributed by atoms with E-state index in [4.69, 9.17) is 16.6 Å². The Kier molecular flexibility index (Phi) is 7.44. The summed E-state index contributed by atoms with van der Waals surface area (Å²) >= 11 is 6.06. The molecule has 180 valence electrons. The highest BCUT2D eigenvalue weighted by Gasteiger charge is 2.11. The Morgan fingerprint density at radius 1 is 0.778 bits per heavy atom. The van der Waals surface area contributed by atoms with Gasteiger partial charge in [-0.25, -0.2) is 4.98 Å². The lowest BCUT2D eigenvalue weighted by atomic mass is 10.0. The molecule has 1 N–H and O–H groups in total. The molecule has 0 saturated heterocycles. The number of nitrogens with one attached hydrogen (secondary N) is 1. The van der Waals surface area contributed by atoms with Gasteiger partial charge in [-0.3, -0.25) is 4.79 Å². The first kappa shape index (κ1) is 23.8. The summed E-state index contributed by atoms with van der Waals surface area (Å²) in [4.78, 5) is 17.4. The maximum Gasteiger partial charge on any atom is 0.224 e. The summed E-state index contributed by atoms with van der Waals surface area (Å²) in [6, 6.07) is 34.6. The Labute approximate surface area is 216 Å². The number of hydrogen-bond donors (Lipinski definition) is 1. The maximum absolute atomic E-state index is 12.5. The minimum atomic E-state index is 0.0390. The number of rotatable bonds is 9. The number of fused-ring (bicyclic) bond motifs is 1. The molecule has 1 aromatic heterocycles. The molecule has 4 aromatic carbocycles. The summed E-state index contributed by atoms with van der Waals surface area (Å²) in [6.07, 6.45) is 1.99. The van der Waals surface area contributed by atoms with Crippen molar-refractivity contribution in [1.82, 2.24) is 14.9 Å². The zero-order valence-corrected chi connectivity index (χ0v) is 20.8. The van der Waals surface area contributed by atoms with Crippen LogP contribution in [-0.2, 0) is 24.2 Å². The van der Waals surface area contributed by atoms with Gasteiger partial charge < -0.3 is 9.88 Å². The summed E-state index contributed by atoms with van der Waals surface area (Å²) < 4.78 is 2.26. The van der Waals surface area contributed by atoms with Gasteiger partial charge in [-0.1, -0.05) is 90.5 Å². The first-order chi connectivity index (χ1) is 17.7. The van der Waals surface area contributed by atoms with Crippen molar-refractivity contribution in [2.24, 2.45) is 0 Å². The quantitative estimate of drug-likeness (QED) is 0.232. The molecule has 0 radical (unpaired) electrons. The summed E-state index contributed by atoms with van der Waals surface area (Å²) in [5.74, 6) is 1.06. The van der Waals surface area contributed by atoms with Crippen molar-refractivity contribution in [3.05, 3.63) is 125 Å². The first-order valence-corrected chi connectivity index (χ1v) is 12.6. The molecule has 1 amide bonds. The number of carbonyl (C=O) groups excluding carboxylic acids is 1. The fourth-order valence-electron chi connectivity index (χ4n) is 4.43. The minimum Gasteiger partial charge on any atom is -0.356 e. The van der Waals surface area contributed by atoms with Crippen LogP contribution in [0.4, 0.5) is 0 Å². The fraction of sp³-hybridized carbons (Fsp3) is 0.161. The molecule has 0 aliphatic carbocycles. The van der Waals surface area contributed by atoms with Gasteiger partial charge in [0.05, 0.1) is 17.5 Å². The normalized spacial score (nSPS) is 11.0. The molecule has 0 spiro atoms. The topological polar surface area (TPSA) is 46.9 Å². The second kappa shape index (κ2) is 11.2. The standard InChI is InChI=1S/C31H28ClN3O/c32-27-18-14-24(15-19-27)22-35-29-10-5-4-9-28(29)34-30(35)11-6-20-33-31(36)21-23-12-16-26(17-13-23)25-7-2-1-3-8-25/h1-5,7-10,12-19H,6,11,20-22H2,(H,33,36). The lowest BCUT2D eigenvalue weighted by molar-refractivity contribution is -0.120. The smallest absolute Gasteiger partial charge is 0.224 e. The molecule has 0 aliphatic heterocycles. The zero-order valence-electron chi connectivity index (χ0n) is 20.0. The van der Waals surface area contributed by atoms with Crippen molar-refractivity contribution in [3.8, 4) is 11.1 Å². The molecule has 4 nitrogen and oxygen atoms in total. The van der Waals surface area contributed by atoms with Crippen LogP contribution in [0.1, 0.15) is 23.4 Å². The van der Waals surface area contributed by atoms with Crippen LogP contribution in [-0.4, -0.2) is 22.0 Å². The molecule has 5 aromatic rings. The van der Waals surface area contributed by atoms with Gasteiger partial charge in [0.1, 0.15) is 5.82 Å². The number of aromatic nitrogens is 2. The number of hydrogen-bond acceptors (Lipinski definition) is 2. The second-order valence-corrected chi connectivity index (χ2v) is 9.36. The molecule has 1 heterocycles. The van der Waals surface area contributed by atoms with Gasteiger partial charge in [0.2, 0.25) is 5.91 Å². The van der Waals surface area contributed by atoms with Gasteiger partial charge in [-0.15, -0.1) is 0 Å². The second-order valence-electron chi connectivity index (χ2n) is 8.92. The molecular formula is C31H28ClN3O. The highest BCUT2D eigenvalue weighted by atomic mass is 35.5. The van der Waals surface area contributed by atoms with Crippen molar-refractivity contribution in [2.45, 2.75) is 25.8 Å². The summed E-state index contributed by atoms with van der Waals surface area (Å²) in [6.45, 7) is 1.35. The van der Waals surface area contributed by atoms with Crippen LogP contribution in [0.15, 0.2) is 103 Å².